The largest absolute Gasteiger partial charge is 0.489 e. The van der Waals surface area contributed by atoms with E-state index in [1.807, 2.05) is 77.1 Å². The highest BCUT2D eigenvalue weighted by atomic mass is 16.6. The summed E-state index contributed by atoms with van der Waals surface area (Å²) in [5.74, 6) is 0.654. The normalized spacial score (nSPS) is 18.0. The molecule has 8 nitrogen and oxygen atoms in total. The fourth-order valence-corrected chi connectivity index (χ4v) is 3.79. The van der Waals surface area contributed by atoms with Crippen LogP contribution in [0.3, 0.4) is 0 Å². The summed E-state index contributed by atoms with van der Waals surface area (Å²) in [6.45, 7) is 10.1. The standard InChI is InChI=1S/C27H37N3O5/c1-17(2)24-25(32)29-21(15-31)12-20-10-11-22(13-23(20)30-24)34-16-19-8-6-18(7-9-19)14-28-26(33)35-27(3,4)5/h6-11,13,17,21,24,30-31H,12,14-16H2,1-5H3,(H,28,33)(H,29,32)/t21-,24-/m0/s1. The first-order valence-electron chi connectivity index (χ1n) is 12.0. The Balaban J connectivity index is 1.62. The average Bonchev–Trinajstić information content (AvgIpc) is 2.78. The quantitative estimate of drug-likeness (QED) is 0.478. The van der Waals surface area contributed by atoms with Crippen molar-refractivity contribution in [3.63, 3.8) is 0 Å². The Hall–Kier alpha value is -3.26. The molecule has 190 valence electrons. The van der Waals surface area contributed by atoms with Crippen LogP contribution in [0.15, 0.2) is 42.5 Å². The number of hydrogen-bond donors (Lipinski definition) is 4. The zero-order valence-electron chi connectivity index (χ0n) is 21.2. The van der Waals surface area contributed by atoms with E-state index in [1.54, 1.807) is 0 Å². The van der Waals surface area contributed by atoms with E-state index in [1.165, 1.54) is 0 Å². The lowest BCUT2D eigenvalue weighted by Crippen LogP contribution is -2.50. The number of aliphatic hydroxyl groups is 1. The van der Waals surface area contributed by atoms with E-state index in [4.69, 9.17) is 9.47 Å². The van der Waals surface area contributed by atoms with Crippen LogP contribution in [0, 0.1) is 5.92 Å². The maximum absolute atomic E-state index is 12.6. The molecule has 0 saturated heterocycles. The lowest BCUT2D eigenvalue weighted by atomic mass is 9.97. The van der Waals surface area contributed by atoms with Crippen molar-refractivity contribution in [1.29, 1.82) is 0 Å². The number of carbonyl (C=O) groups excluding carboxylic acids is 2. The molecule has 2 aromatic rings. The van der Waals surface area contributed by atoms with Gasteiger partial charge in [0.25, 0.3) is 0 Å². The molecule has 0 saturated carbocycles. The lowest BCUT2D eigenvalue weighted by Gasteiger charge is -2.30. The second kappa shape index (κ2) is 11.4. The summed E-state index contributed by atoms with van der Waals surface area (Å²) in [5.41, 5.74) is 3.28. The number of alkyl carbamates (subject to hydrolysis) is 1. The van der Waals surface area contributed by atoms with E-state index < -0.39 is 17.7 Å². The number of amides is 2. The maximum atomic E-state index is 12.6. The summed E-state index contributed by atoms with van der Waals surface area (Å²) >= 11 is 0. The molecular weight excluding hydrogens is 446 g/mol. The molecular formula is C27H37N3O5. The monoisotopic (exact) mass is 483 g/mol. The number of anilines is 1. The van der Waals surface area contributed by atoms with Crippen LogP contribution in [0.25, 0.3) is 0 Å². The predicted molar refractivity (Wildman–Crippen MR) is 135 cm³/mol. The molecule has 0 aromatic heterocycles. The number of carbonyl (C=O) groups is 2. The van der Waals surface area contributed by atoms with Gasteiger partial charge in [0.2, 0.25) is 5.91 Å². The first-order chi connectivity index (χ1) is 16.5. The molecule has 0 radical (unpaired) electrons. The minimum atomic E-state index is -0.529. The molecule has 8 heteroatoms. The topological polar surface area (TPSA) is 109 Å². The van der Waals surface area contributed by atoms with Crippen molar-refractivity contribution in [2.24, 2.45) is 5.92 Å². The number of hydrogen-bond acceptors (Lipinski definition) is 6. The SMILES string of the molecule is CC(C)[C@@H]1Nc2cc(OCc3ccc(CNC(=O)OC(C)(C)C)cc3)ccc2C[C@@H](CO)NC1=O. The summed E-state index contributed by atoms with van der Waals surface area (Å²) in [5, 5.41) is 18.7. The minimum absolute atomic E-state index is 0.0770. The van der Waals surface area contributed by atoms with Crippen molar-refractivity contribution in [3.8, 4) is 5.75 Å². The average molecular weight is 484 g/mol. The minimum Gasteiger partial charge on any atom is -0.489 e. The van der Waals surface area contributed by atoms with Gasteiger partial charge in [0.1, 0.15) is 24.0 Å². The van der Waals surface area contributed by atoms with Crippen LogP contribution in [0.5, 0.6) is 5.75 Å². The Kier molecular flexibility index (Phi) is 8.62. The molecule has 0 spiro atoms. The third-order valence-corrected chi connectivity index (χ3v) is 5.64. The van der Waals surface area contributed by atoms with E-state index >= 15 is 0 Å². The maximum Gasteiger partial charge on any atom is 0.407 e. The van der Waals surface area contributed by atoms with Gasteiger partial charge < -0.3 is 30.5 Å². The summed E-state index contributed by atoms with van der Waals surface area (Å²) in [6, 6.07) is 12.9. The molecule has 0 bridgehead atoms. The van der Waals surface area contributed by atoms with Crippen molar-refractivity contribution in [1.82, 2.24) is 10.6 Å². The molecule has 1 aliphatic heterocycles. The summed E-state index contributed by atoms with van der Waals surface area (Å²) in [7, 11) is 0. The molecule has 1 aliphatic rings. The van der Waals surface area contributed by atoms with Crippen molar-refractivity contribution < 1.29 is 24.2 Å². The van der Waals surface area contributed by atoms with Gasteiger partial charge in [-0.25, -0.2) is 4.79 Å². The number of rotatable bonds is 7. The second-order valence-corrected chi connectivity index (χ2v) is 10.2. The van der Waals surface area contributed by atoms with Gasteiger partial charge in [-0.15, -0.1) is 0 Å². The molecule has 4 N–H and O–H groups in total. The molecule has 3 rings (SSSR count). The first-order valence-corrected chi connectivity index (χ1v) is 12.0. The third kappa shape index (κ3) is 7.89. The Labute approximate surface area is 207 Å². The van der Waals surface area contributed by atoms with Gasteiger partial charge in [-0.1, -0.05) is 44.2 Å². The van der Waals surface area contributed by atoms with Crippen LogP contribution in [-0.2, 0) is 29.1 Å². The van der Waals surface area contributed by atoms with Crippen molar-refractivity contribution in [2.45, 2.75) is 71.9 Å². The Morgan fingerprint density at radius 1 is 1.11 bits per heavy atom. The van der Waals surface area contributed by atoms with Crippen molar-refractivity contribution >= 4 is 17.7 Å². The zero-order valence-corrected chi connectivity index (χ0v) is 21.2. The first kappa shape index (κ1) is 26.3. The summed E-state index contributed by atoms with van der Waals surface area (Å²) in [6.07, 6.45) is 0.0917. The number of nitrogens with one attached hydrogen (secondary N) is 3. The van der Waals surface area contributed by atoms with Crippen LogP contribution in [-0.4, -0.2) is 41.4 Å². The molecule has 1 heterocycles. The summed E-state index contributed by atoms with van der Waals surface area (Å²) in [4.78, 5) is 24.4. The number of benzene rings is 2. The van der Waals surface area contributed by atoms with Crippen LogP contribution >= 0.6 is 0 Å². The highest BCUT2D eigenvalue weighted by Crippen LogP contribution is 2.28. The van der Waals surface area contributed by atoms with E-state index in [9.17, 15) is 14.7 Å². The fourth-order valence-electron chi connectivity index (χ4n) is 3.79. The lowest BCUT2D eigenvalue weighted by molar-refractivity contribution is -0.123. The molecule has 0 unspecified atom stereocenters. The smallest absolute Gasteiger partial charge is 0.407 e. The molecule has 0 fully saturated rings. The van der Waals surface area contributed by atoms with E-state index in [0.717, 1.165) is 22.4 Å². The number of ether oxygens (including phenoxy) is 2. The molecule has 2 atom stereocenters. The summed E-state index contributed by atoms with van der Waals surface area (Å²) < 4.78 is 11.3. The zero-order chi connectivity index (χ0) is 25.6. The molecule has 0 aliphatic carbocycles. The van der Waals surface area contributed by atoms with Gasteiger partial charge in [0, 0.05) is 18.3 Å². The van der Waals surface area contributed by atoms with E-state index in [2.05, 4.69) is 16.0 Å². The Morgan fingerprint density at radius 2 is 1.80 bits per heavy atom. The van der Waals surface area contributed by atoms with Crippen molar-refractivity contribution in [2.75, 3.05) is 11.9 Å². The van der Waals surface area contributed by atoms with E-state index in [-0.39, 0.29) is 24.5 Å². The van der Waals surface area contributed by atoms with Crippen molar-refractivity contribution in [3.05, 3.63) is 59.2 Å². The number of aliphatic hydroxyl groups excluding tert-OH is 1. The van der Waals surface area contributed by atoms with Gasteiger partial charge in [0.15, 0.2) is 0 Å². The van der Waals surface area contributed by atoms with Gasteiger partial charge in [-0.3, -0.25) is 4.79 Å². The van der Waals surface area contributed by atoms with Gasteiger partial charge in [-0.2, -0.15) is 0 Å². The van der Waals surface area contributed by atoms with Gasteiger partial charge >= 0.3 is 6.09 Å². The third-order valence-electron chi connectivity index (χ3n) is 5.64. The fraction of sp³-hybridized carbons (Fsp3) is 0.481. The number of fused-ring (bicyclic) bond motifs is 1. The highest BCUT2D eigenvalue weighted by molar-refractivity contribution is 5.86. The second-order valence-electron chi connectivity index (χ2n) is 10.2. The van der Waals surface area contributed by atoms with E-state index in [0.29, 0.717) is 25.3 Å². The van der Waals surface area contributed by atoms with Gasteiger partial charge in [-0.05, 0) is 55.9 Å². The molecule has 2 amide bonds. The highest BCUT2D eigenvalue weighted by Gasteiger charge is 2.28. The molecule has 2 aromatic carbocycles. The van der Waals surface area contributed by atoms with Crippen LogP contribution < -0.4 is 20.7 Å². The van der Waals surface area contributed by atoms with Gasteiger partial charge in [0.05, 0.1) is 12.6 Å². The Morgan fingerprint density at radius 3 is 2.43 bits per heavy atom. The van der Waals surface area contributed by atoms with Crippen LogP contribution in [0.4, 0.5) is 10.5 Å². The Bertz CT molecular complexity index is 1010. The predicted octanol–water partition coefficient (Wildman–Crippen LogP) is 3.76. The van der Waals surface area contributed by atoms with Crippen LogP contribution in [0.1, 0.15) is 51.3 Å². The van der Waals surface area contributed by atoms with Crippen LogP contribution in [0.2, 0.25) is 0 Å². The molecule has 35 heavy (non-hydrogen) atoms.